The minimum absolute atomic E-state index is 0.0888. The molecule has 0 fully saturated rings. The van der Waals surface area contributed by atoms with Gasteiger partial charge in [-0.25, -0.2) is 4.79 Å². The minimum Gasteiger partial charge on any atom is -0.462 e. The van der Waals surface area contributed by atoms with E-state index in [0.29, 0.717) is 27.9 Å². The van der Waals surface area contributed by atoms with Gasteiger partial charge in [-0.15, -0.1) is 0 Å². The molecular weight excluding hydrogens is 440 g/mol. The number of hydrogen-bond acceptors (Lipinski definition) is 6. The summed E-state index contributed by atoms with van der Waals surface area (Å²) < 4.78 is 11.7. The number of Topliss-reactive ketones (excluding diaryl/α,β-unsaturated/α-hetero) is 1. The van der Waals surface area contributed by atoms with E-state index >= 15 is 0 Å². The minimum atomic E-state index is -1.70. The summed E-state index contributed by atoms with van der Waals surface area (Å²) in [6.45, 7) is 5.64. The molecule has 152 valence electrons. The molecule has 1 atom stereocenters. The fraction of sp³-hybridized carbons (Fsp3) is 0.381. The first-order valence-electron chi connectivity index (χ1n) is 9.35. The van der Waals surface area contributed by atoms with Crippen LogP contribution in [0.5, 0.6) is 0 Å². The van der Waals surface area contributed by atoms with Crippen molar-refractivity contribution in [3.8, 4) is 0 Å². The average molecular weight is 461 g/mol. The molecule has 0 saturated carbocycles. The fourth-order valence-electron chi connectivity index (χ4n) is 4.49. The van der Waals surface area contributed by atoms with Crippen LogP contribution in [0.25, 0.3) is 0 Å². The van der Waals surface area contributed by atoms with E-state index in [0.717, 1.165) is 0 Å². The predicted octanol–water partition coefficient (Wildman–Crippen LogP) is 3.05. The van der Waals surface area contributed by atoms with Gasteiger partial charge >= 0.3 is 5.97 Å². The summed E-state index contributed by atoms with van der Waals surface area (Å²) in [5.74, 6) is -1.42. The quantitative estimate of drug-likeness (QED) is 0.656. The number of carbonyl (C=O) groups is 3. The van der Waals surface area contributed by atoms with E-state index < -0.39 is 17.3 Å². The van der Waals surface area contributed by atoms with Crippen molar-refractivity contribution in [3.05, 3.63) is 51.0 Å². The van der Waals surface area contributed by atoms with Gasteiger partial charge in [-0.3, -0.25) is 9.59 Å². The summed E-state index contributed by atoms with van der Waals surface area (Å²) in [5.41, 5.74) is 5.14. The Morgan fingerprint density at radius 1 is 1.31 bits per heavy atom. The van der Waals surface area contributed by atoms with Crippen LogP contribution in [-0.4, -0.2) is 24.3 Å². The van der Waals surface area contributed by atoms with Gasteiger partial charge in [0.1, 0.15) is 16.7 Å². The molecule has 0 saturated heterocycles. The normalized spacial score (nSPS) is 24.8. The Morgan fingerprint density at radius 3 is 2.72 bits per heavy atom. The van der Waals surface area contributed by atoms with E-state index in [4.69, 9.17) is 15.2 Å². The summed E-state index contributed by atoms with van der Waals surface area (Å²) in [6, 6.07) is 5.22. The van der Waals surface area contributed by atoms with Crippen LogP contribution in [0.4, 0.5) is 5.69 Å². The second-order valence-electron chi connectivity index (χ2n) is 8.19. The summed E-state index contributed by atoms with van der Waals surface area (Å²) >= 11 is 3.42. The number of ketones is 1. The van der Waals surface area contributed by atoms with E-state index in [-0.39, 0.29) is 41.3 Å². The number of benzene rings is 1. The molecule has 1 spiro atoms. The number of nitrogens with one attached hydrogen (secondary N) is 1. The molecule has 0 aromatic heterocycles. The molecule has 1 amide bonds. The first-order valence-corrected chi connectivity index (χ1v) is 10.1. The Kier molecular flexibility index (Phi) is 4.38. The van der Waals surface area contributed by atoms with E-state index in [2.05, 4.69) is 21.2 Å². The number of halogens is 1. The molecule has 1 aliphatic carbocycles. The SMILES string of the molecule is CCOC(=O)C1=C(N)OC2=C(C(=O)CC(C)(C)C2)[C@]12C(=O)Nc1ccc(Br)cc12. The zero-order chi connectivity index (χ0) is 21.1. The van der Waals surface area contributed by atoms with Gasteiger partial charge in [-0.05, 0) is 30.5 Å². The smallest absolute Gasteiger partial charge is 0.341 e. The van der Waals surface area contributed by atoms with Crippen molar-refractivity contribution in [2.75, 3.05) is 11.9 Å². The molecular formula is C21H21BrN2O5. The van der Waals surface area contributed by atoms with Gasteiger partial charge in [-0.1, -0.05) is 29.8 Å². The summed E-state index contributed by atoms with van der Waals surface area (Å²) in [7, 11) is 0. The fourth-order valence-corrected chi connectivity index (χ4v) is 4.85. The Balaban J connectivity index is 2.08. The molecule has 0 bridgehead atoms. The van der Waals surface area contributed by atoms with Gasteiger partial charge in [0, 0.05) is 28.6 Å². The second-order valence-corrected chi connectivity index (χ2v) is 9.11. The number of carbonyl (C=O) groups excluding carboxylic acids is 3. The van der Waals surface area contributed by atoms with Crippen molar-refractivity contribution >= 4 is 39.3 Å². The number of esters is 1. The van der Waals surface area contributed by atoms with E-state index in [1.165, 1.54) is 0 Å². The third-order valence-electron chi connectivity index (χ3n) is 5.52. The monoisotopic (exact) mass is 460 g/mol. The zero-order valence-electron chi connectivity index (χ0n) is 16.3. The third kappa shape index (κ3) is 2.73. The molecule has 0 unspecified atom stereocenters. The number of rotatable bonds is 2. The number of fused-ring (bicyclic) bond motifs is 3. The molecule has 8 heteroatoms. The molecule has 4 rings (SSSR count). The van der Waals surface area contributed by atoms with Gasteiger partial charge in [0.2, 0.25) is 11.8 Å². The van der Waals surface area contributed by atoms with Crippen LogP contribution >= 0.6 is 15.9 Å². The highest BCUT2D eigenvalue weighted by molar-refractivity contribution is 9.10. The highest BCUT2D eigenvalue weighted by Gasteiger charge is 2.62. The lowest BCUT2D eigenvalue weighted by Gasteiger charge is -2.42. The van der Waals surface area contributed by atoms with Crippen molar-refractivity contribution < 1.29 is 23.9 Å². The van der Waals surface area contributed by atoms with Crippen molar-refractivity contribution in [2.45, 2.75) is 39.0 Å². The van der Waals surface area contributed by atoms with Gasteiger partial charge < -0.3 is 20.5 Å². The van der Waals surface area contributed by atoms with Crippen molar-refractivity contribution in [1.82, 2.24) is 0 Å². The van der Waals surface area contributed by atoms with Crippen molar-refractivity contribution in [3.63, 3.8) is 0 Å². The van der Waals surface area contributed by atoms with E-state index in [1.54, 1.807) is 25.1 Å². The predicted molar refractivity (Wildman–Crippen MR) is 108 cm³/mol. The van der Waals surface area contributed by atoms with Crippen LogP contribution in [0.3, 0.4) is 0 Å². The number of anilines is 1. The molecule has 0 radical (unpaired) electrons. The lowest BCUT2D eigenvalue weighted by Crippen LogP contribution is -2.50. The molecule has 2 aliphatic heterocycles. The average Bonchev–Trinajstić information content (AvgIpc) is 2.86. The van der Waals surface area contributed by atoms with Crippen LogP contribution in [0.2, 0.25) is 0 Å². The first-order chi connectivity index (χ1) is 13.6. The lowest BCUT2D eigenvalue weighted by atomic mass is 9.62. The summed E-state index contributed by atoms with van der Waals surface area (Å²) in [6.07, 6.45) is 0.646. The molecule has 3 N–H and O–H groups in total. The maximum absolute atomic E-state index is 13.5. The third-order valence-corrected chi connectivity index (χ3v) is 6.01. The highest BCUT2D eigenvalue weighted by Crippen LogP contribution is 2.56. The Hall–Kier alpha value is -2.61. The second kappa shape index (κ2) is 6.45. The van der Waals surface area contributed by atoms with Crippen molar-refractivity contribution in [1.29, 1.82) is 0 Å². The molecule has 1 aromatic rings. The molecule has 29 heavy (non-hydrogen) atoms. The number of amides is 1. The van der Waals surface area contributed by atoms with E-state index in [1.807, 2.05) is 13.8 Å². The summed E-state index contributed by atoms with van der Waals surface area (Å²) in [5, 5.41) is 2.81. The number of ether oxygens (including phenoxy) is 2. The topological polar surface area (TPSA) is 108 Å². The summed E-state index contributed by atoms with van der Waals surface area (Å²) in [4.78, 5) is 39.8. The van der Waals surface area contributed by atoms with Crippen LogP contribution in [0.1, 0.15) is 39.2 Å². The number of allylic oxidation sites excluding steroid dienone is 1. The first kappa shape index (κ1) is 19.7. The number of nitrogens with two attached hydrogens (primary N) is 1. The Labute approximate surface area is 176 Å². The van der Waals surface area contributed by atoms with Crippen LogP contribution in [0.15, 0.2) is 45.5 Å². The molecule has 3 aliphatic rings. The maximum Gasteiger partial charge on any atom is 0.341 e. The van der Waals surface area contributed by atoms with Gasteiger partial charge in [0.15, 0.2) is 5.78 Å². The molecule has 2 heterocycles. The Bertz CT molecular complexity index is 1040. The standard InChI is InChI=1S/C21H21BrN2O5/c1-4-28-18(26)16-17(23)29-14-9-20(2,3)8-13(25)15(14)21(16)11-7-10(22)5-6-12(11)24-19(21)27/h5-7H,4,8-9,23H2,1-3H3,(H,24,27)/t21-/m0/s1. The Morgan fingerprint density at radius 2 is 2.03 bits per heavy atom. The van der Waals surface area contributed by atoms with Gasteiger partial charge in [-0.2, -0.15) is 0 Å². The van der Waals surface area contributed by atoms with Crippen molar-refractivity contribution in [2.24, 2.45) is 11.1 Å². The number of hydrogen-bond donors (Lipinski definition) is 2. The molecule has 7 nitrogen and oxygen atoms in total. The molecule has 1 aromatic carbocycles. The maximum atomic E-state index is 13.5. The lowest BCUT2D eigenvalue weighted by molar-refractivity contribution is -0.141. The largest absolute Gasteiger partial charge is 0.462 e. The van der Waals surface area contributed by atoms with Crippen LogP contribution in [0, 0.1) is 5.41 Å². The van der Waals surface area contributed by atoms with Gasteiger partial charge in [0.05, 0.1) is 12.2 Å². The highest BCUT2D eigenvalue weighted by atomic mass is 79.9. The van der Waals surface area contributed by atoms with Crippen LogP contribution < -0.4 is 11.1 Å². The van der Waals surface area contributed by atoms with Crippen LogP contribution in [-0.2, 0) is 29.3 Å². The zero-order valence-corrected chi connectivity index (χ0v) is 17.9. The van der Waals surface area contributed by atoms with Gasteiger partial charge in [0.25, 0.3) is 0 Å². The van der Waals surface area contributed by atoms with E-state index in [9.17, 15) is 14.4 Å².